The molecule has 0 amide bonds. The predicted octanol–water partition coefficient (Wildman–Crippen LogP) is -1.75. The van der Waals surface area contributed by atoms with Crippen LogP contribution in [0.25, 0.3) is 0 Å². The van der Waals surface area contributed by atoms with E-state index in [4.69, 9.17) is 28.8 Å². The minimum atomic E-state index is 0.250. The van der Waals surface area contributed by atoms with Crippen LogP contribution in [0.15, 0.2) is 0 Å². The summed E-state index contributed by atoms with van der Waals surface area (Å²) in [5, 5.41) is 0. The highest BCUT2D eigenvalue weighted by atomic mass is 16.4. The molecule has 6 heteroatoms. The summed E-state index contributed by atoms with van der Waals surface area (Å²) >= 11 is 0. The van der Waals surface area contributed by atoms with Crippen LogP contribution in [0, 0.1) is 0 Å². The molecule has 0 aliphatic carbocycles. The molecule has 9 heavy (non-hydrogen) atoms. The van der Waals surface area contributed by atoms with E-state index in [1.165, 1.54) is 0 Å². The summed E-state index contributed by atoms with van der Waals surface area (Å²) in [5.74, 6) is 0. The van der Waals surface area contributed by atoms with Crippen LogP contribution < -0.4 is 0 Å². The Hall–Kier alpha value is -1.86. The molecule has 0 atom stereocenters. The average Bonchev–Trinajstić information content (AvgIpc) is 1.70. The first-order chi connectivity index (χ1) is 4.24. The maximum absolute atomic E-state index is 8.12. The van der Waals surface area contributed by atoms with Crippen molar-refractivity contribution >= 4 is 18.5 Å². The standard InChI is InChI=1S/3CO2/c3*2-1-3/i1+2;;. The van der Waals surface area contributed by atoms with E-state index in [1.54, 1.807) is 0 Å². The summed E-state index contributed by atoms with van der Waals surface area (Å²) in [5.41, 5.74) is 0. The Labute approximate surface area is 48.4 Å². The lowest BCUT2D eigenvalue weighted by atomic mass is 11.8. The fourth-order valence-corrected chi connectivity index (χ4v) is 0. The summed E-state index contributed by atoms with van der Waals surface area (Å²) in [6.07, 6.45) is 0.750. The molecule has 0 aliphatic heterocycles. The Morgan fingerprint density at radius 1 is 0.778 bits per heavy atom. The molecule has 0 saturated carbocycles. The first-order valence-corrected chi connectivity index (χ1v) is 1.22. The van der Waals surface area contributed by atoms with Crippen molar-refractivity contribution in [2.45, 2.75) is 0 Å². The molecular formula is C3O6. The third-order valence-corrected chi connectivity index (χ3v) is 0. The highest BCUT2D eigenvalue weighted by Gasteiger charge is 1.14. The lowest BCUT2D eigenvalue weighted by Crippen LogP contribution is -1.22. The van der Waals surface area contributed by atoms with Crippen LogP contribution in [0.3, 0.4) is 0 Å². The minimum absolute atomic E-state index is 0.250. The second-order valence-electron chi connectivity index (χ2n) is 0.250. The zero-order valence-corrected chi connectivity index (χ0v) is 3.95. The molecule has 0 aromatic carbocycles. The van der Waals surface area contributed by atoms with E-state index in [1.807, 2.05) is 0 Å². The van der Waals surface area contributed by atoms with Gasteiger partial charge < -0.3 is 0 Å². The van der Waals surface area contributed by atoms with Crippen LogP contribution in [-0.2, 0) is 28.8 Å². The Morgan fingerprint density at radius 3 is 0.778 bits per heavy atom. The number of rotatable bonds is 0. The lowest BCUT2D eigenvalue weighted by Gasteiger charge is -0.945. The van der Waals surface area contributed by atoms with E-state index in [0.717, 1.165) is 0 Å². The van der Waals surface area contributed by atoms with Gasteiger partial charge in [-0.3, -0.25) is 0 Å². The van der Waals surface area contributed by atoms with Crippen LogP contribution in [0.4, 0.5) is 0 Å². The molecular weight excluding hydrogens is 134 g/mol. The molecule has 0 spiro atoms. The van der Waals surface area contributed by atoms with E-state index < -0.39 is 0 Å². The van der Waals surface area contributed by atoms with Gasteiger partial charge in [0.05, 0.1) is 0 Å². The fraction of sp³-hybridized carbons (Fsp3) is 0. The third-order valence-electron chi connectivity index (χ3n) is 0. The monoisotopic (exact) mass is 134 g/mol. The first kappa shape index (κ1) is 15.7. The molecule has 0 aromatic heterocycles. The molecule has 0 heterocycles. The second kappa shape index (κ2) is 125. The van der Waals surface area contributed by atoms with Crippen molar-refractivity contribution in [3.8, 4) is 0 Å². The van der Waals surface area contributed by atoms with Crippen molar-refractivity contribution in [3.63, 3.8) is 0 Å². The van der Waals surface area contributed by atoms with E-state index in [9.17, 15) is 0 Å². The van der Waals surface area contributed by atoms with Crippen molar-refractivity contribution < 1.29 is 28.8 Å². The Bertz CT molecular complexity index is 99.9. The van der Waals surface area contributed by atoms with Gasteiger partial charge in [0, 0.05) is 0 Å². The van der Waals surface area contributed by atoms with E-state index >= 15 is 0 Å². The summed E-state index contributed by atoms with van der Waals surface area (Å²) in [7, 11) is 0. The van der Waals surface area contributed by atoms with Crippen molar-refractivity contribution in [2.75, 3.05) is 0 Å². The molecule has 0 N–H and O–H groups in total. The Kier molecular flexibility index (Phi) is 218. The molecule has 0 aliphatic rings. The molecule has 0 aromatic rings. The van der Waals surface area contributed by atoms with Crippen molar-refractivity contribution in [3.05, 3.63) is 0 Å². The summed E-state index contributed by atoms with van der Waals surface area (Å²) in [6, 6.07) is 0. The number of hydrogen-bond donors (Lipinski definition) is 0. The van der Waals surface area contributed by atoms with Gasteiger partial charge in [0.2, 0.25) is 0 Å². The van der Waals surface area contributed by atoms with E-state index in [2.05, 4.69) is 0 Å². The van der Waals surface area contributed by atoms with Crippen LogP contribution >= 0.6 is 0 Å². The molecule has 0 fully saturated rings. The summed E-state index contributed by atoms with van der Waals surface area (Å²) in [4.78, 5) is 48.8. The van der Waals surface area contributed by atoms with Gasteiger partial charge in [-0.1, -0.05) is 0 Å². The van der Waals surface area contributed by atoms with Crippen molar-refractivity contribution in [1.29, 1.82) is 0 Å². The average molecular weight is 134 g/mol. The van der Waals surface area contributed by atoms with Crippen LogP contribution in [0.2, 0.25) is 0 Å². The van der Waals surface area contributed by atoms with Crippen molar-refractivity contribution in [2.24, 2.45) is 0 Å². The van der Waals surface area contributed by atoms with Crippen LogP contribution in [-0.4, -0.2) is 18.5 Å². The van der Waals surface area contributed by atoms with Gasteiger partial charge in [-0.25, -0.2) is 0 Å². The normalized spacial score (nSPS) is 2.67. The number of carbonyl (C=O) groups excluding carboxylic acids is 6. The van der Waals surface area contributed by atoms with Gasteiger partial charge in [-0.2, -0.15) is 28.8 Å². The number of hydrogen-bond acceptors (Lipinski definition) is 6. The maximum Gasteiger partial charge on any atom is 0.373 e. The lowest BCUT2D eigenvalue weighted by molar-refractivity contribution is -0.193. The Balaban J connectivity index is -0.0000000600. The smallest absolute Gasteiger partial charge is 0.186 e. The molecule has 0 saturated heterocycles. The van der Waals surface area contributed by atoms with Gasteiger partial charge in [0.15, 0.2) is 0 Å². The van der Waals surface area contributed by atoms with E-state index in [0.29, 0.717) is 0 Å². The van der Waals surface area contributed by atoms with Gasteiger partial charge in [-0.05, 0) is 0 Å². The quantitative estimate of drug-likeness (QED) is 0.389. The van der Waals surface area contributed by atoms with Crippen LogP contribution in [0.1, 0.15) is 0 Å². The maximum atomic E-state index is 8.12. The Morgan fingerprint density at radius 2 is 0.778 bits per heavy atom. The van der Waals surface area contributed by atoms with Gasteiger partial charge in [-0.15, -0.1) is 0 Å². The molecule has 48 valence electrons. The van der Waals surface area contributed by atoms with Gasteiger partial charge >= 0.3 is 18.5 Å². The molecule has 6 nitrogen and oxygen atoms in total. The predicted molar refractivity (Wildman–Crippen MR) is 15.0 cm³/mol. The zero-order chi connectivity index (χ0) is 8.12. The minimum Gasteiger partial charge on any atom is -0.186 e. The van der Waals surface area contributed by atoms with Gasteiger partial charge in [0.1, 0.15) is 0 Å². The molecule has 0 unspecified atom stereocenters. The van der Waals surface area contributed by atoms with E-state index in [-0.39, 0.29) is 18.5 Å². The van der Waals surface area contributed by atoms with Crippen LogP contribution in [0.5, 0.6) is 0 Å². The topological polar surface area (TPSA) is 102 Å². The molecule has 0 rings (SSSR count). The highest BCUT2D eigenvalue weighted by Crippen LogP contribution is 0.793. The largest absolute Gasteiger partial charge is 0.373 e. The SMILES string of the molecule is O=C=O.O=C=O.O=[14C]=O. The fourth-order valence-electron chi connectivity index (χ4n) is 0. The third kappa shape index (κ3) is 30.4. The second-order valence-corrected chi connectivity index (χ2v) is 0.250. The molecule has 0 radical (unpaired) electrons. The van der Waals surface area contributed by atoms with Crippen molar-refractivity contribution in [1.82, 2.24) is 0 Å². The molecule has 0 bridgehead atoms. The summed E-state index contributed by atoms with van der Waals surface area (Å²) < 4.78 is 0. The summed E-state index contributed by atoms with van der Waals surface area (Å²) in [6.45, 7) is 0. The first-order valence-electron chi connectivity index (χ1n) is 1.22. The van der Waals surface area contributed by atoms with Gasteiger partial charge in [0.25, 0.3) is 0 Å². The zero-order valence-electron chi connectivity index (χ0n) is 3.95. The highest BCUT2D eigenvalue weighted by molar-refractivity contribution is 5.20.